The van der Waals surface area contributed by atoms with E-state index >= 15 is 0 Å². The molecule has 0 saturated carbocycles. The van der Waals surface area contributed by atoms with Crippen molar-refractivity contribution in [2.24, 2.45) is 7.05 Å². The lowest BCUT2D eigenvalue weighted by Gasteiger charge is -2.12. The van der Waals surface area contributed by atoms with E-state index in [0.29, 0.717) is 13.2 Å². The predicted molar refractivity (Wildman–Crippen MR) is 76.6 cm³/mol. The van der Waals surface area contributed by atoms with E-state index in [-0.39, 0.29) is 0 Å². The van der Waals surface area contributed by atoms with Crippen molar-refractivity contribution >= 4 is 11.6 Å². The molecule has 0 aliphatic heterocycles. The van der Waals surface area contributed by atoms with E-state index in [9.17, 15) is 0 Å². The molecule has 19 heavy (non-hydrogen) atoms. The van der Waals surface area contributed by atoms with Gasteiger partial charge in [-0.15, -0.1) is 0 Å². The smallest absolute Gasteiger partial charge is 0.125 e. The summed E-state index contributed by atoms with van der Waals surface area (Å²) in [5, 5.41) is 7.96. The molecule has 1 heterocycles. The number of hydrogen-bond donors (Lipinski definition) is 1. The van der Waals surface area contributed by atoms with Gasteiger partial charge >= 0.3 is 0 Å². The van der Waals surface area contributed by atoms with E-state index in [0.717, 1.165) is 22.8 Å². The quantitative estimate of drug-likeness (QED) is 0.883. The number of aromatic nitrogens is 2. The van der Waals surface area contributed by atoms with Gasteiger partial charge in [0, 0.05) is 36.8 Å². The first-order chi connectivity index (χ1) is 9.20. The lowest BCUT2D eigenvalue weighted by Crippen LogP contribution is -2.09. The number of rotatable bonds is 6. The molecule has 0 aliphatic carbocycles. The summed E-state index contributed by atoms with van der Waals surface area (Å²) in [6.07, 6.45) is 4.69. The Morgan fingerprint density at radius 2 is 2.26 bits per heavy atom. The molecule has 102 valence electrons. The van der Waals surface area contributed by atoms with E-state index in [1.165, 1.54) is 5.56 Å². The molecule has 0 bridgehead atoms. The number of nitrogens with one attached hydrogen (secondary N) is 1. The summed E-state index contributed by atoms with van der Waals surface area (Å²) in [6.45, 7) is 1.31. The van der Waals surface area contributed by atoms with Crippen LogP contribution < -0.4 is 10.1 Å². The fourth-order valence-electron chi connectivity index (χ4n) is 1.90. The number of hydrogen-bond acceptors (Lipinski definition) is 3. The SMILES string of the molecule is CNCc1c(Cl)cccc1OCCc1cnn(C)c1. The maximum Gasteiger partial charge on any atom is 0.125 e. The van der Waals surface area contributed by atoms with Crippen LogP contribution in [0, 0.1) is 0 Å². The number of nitrogens with zero attached hydrogens (tertiary/aromatic N) is 2. The van der Waals surface area contributed by atoms with Gasteiger partial charge in [-0.2, -0.15) is 5.10 Å². The first-order valence-corrected chi connectivity index (χ1v) is 6.61. The first kappa shape index (κ1) is 13.9. The zero-order valence-corrected chi connectivity index (χ0v) is 11.9. The highest BCUT2D eigenvalue weighted by molar-refractivity contribution is 6.31. The van der Waals surface area contributed by atoms with Gasteiger partial charge in [-0.1, -0.05) is 17.7 Å². The number of aryl methyl sites for hydroxylation is 1. The third-order valence-corrected chi connectivity index (χ3v) is 3.19. The Hall–Kier alpha value is -1.52. The topological polar surface area (TPSA) is 39.1 Å². The molecular weight excluding hydrogens is 262 g/mol. The zero-order valence-electron chi connectivity index (χ0n) is 11.2. The highest BCUT2D eigenvalue weighted by atomic mass is 35.5. The maximum absolute atomic E-state index is 6.17. The summed E-state index contributed by atoms with van der Waals surface area (Å²) < 4.78 is 7.62. The molecule has 0 radical (unpaired) electrons. The van der Waals surface area contributed by atoms with Crippen LogP contribution in [-0.2, 0) is 20.0 Å². The van der Waals surface area contributed by atoms with Crippen LogP contribution in [0.25, 0.3) is 0 Å². The number of ether oxygens (including phenoxy) is 1. The fourth-order valence-corrected chi connectivity index (χ4v) is 2.13. The molecular formula is C14H18ClN3O. The average molecular weight is 280 g/mol. The van der Waals surface area contributed by atoms with Crippen molar-refractivity contribution in [3.05, 3.63) is 46.7 Å². The Labute approximate surface area is 118 Å². The van der Waals surface area contributed by atoms with Crippen molar-refractivity contribution in [3.8, 4) is 5.75 Å². The van der Waals surface area contributed by atoms with E-state index in [1.807, 2.05) is 44.7 Å². The van der Waals surface area contributed by atoms with Gasteiger partial charge in [-0.25, -0.2) is 0 Å². The van der Waals surface area contributed by atoms with Gasteiger partial charge in [-0.05, 0) is 24.7 Å². The third kappa shape index (κ3) is 3.72. The second-order valence-corrected chi connectivity index (χ2v) is 4.77. The van der Waals surface area contributed by atoms with Crippen molar-refractivity contribution in [1.82, 2.24) is 15.1 Å². The van der Waals surface area contributed by atoms with Gasteiger partial charge in [0.25, 0.3) is 0 Å². The molecule has 0 aliphatic rings. The van der Waals surface area contributed by atoms with Crippen molar-refractivity contribution in [2.75, 3.05) is 13.7 Å². The standard InChI is InChI=1S/C14H18ClN3O/c1-16-9-12-13(15)4-3-5-14(12)19-7-6-11-8-17-18(2)10-11/h3-5,8,10,16H,6-7,9H2,1-2H3. The molecule has 0 spiro atoms. The summed E-state index contributed by atoms with van der Waals surface area (Å²) >= 11 is 6.17. The second kappa shape index (κ2) is 6.59. The first-order valence-electron chi connectivity index (χ1n) is 6.23. The minimum atomic E-state index is 0.614. The van der Waals surface area contributed by atoms with Crippen LogP contribution in [0.15, 0.2) is 30.6 Å². The maximum atomic E-state index is 6.17. The molecule has 0 saturated heterocycles. The molecule has 1 aromatic heterocycles. The van der Waals surface area contributed by atoms with Crippen molar-refractivity contribution in [3.63, 3.8) is 0 Å². The minimum Gasteiger partial charge on any atom is -0.493 e. The minimum absolute atomic E-state index is 0.614. The van der Waals surface area contributed by atoms with Gasteiger partial charge in [0.2, 0.25) is 0 Å². The molecule has 0 amide bonds. The van der Waals surface area contributed by atoms with Gasteiger partial charge in [0.15, 0.2) is 0 Å². The zero-order chi connectivity index (χ0) is 13.7. The molecule has 2 rings (SSSR count). The summed E-state index contributed by atoms with van der Waals surface area (Å²) in [7, 11) is 3.80. The molecule has 4 nitrogen and oxygen atoms in total. The van der Waals surface area contributed by atoms with Crippen molar-refractivity contribution in [1.29, 1.82) is 0 Å². The number of halogens is 1. The largest absolute Gasteiger partial charge is 0.493 e. The van der Waals surface area contributed by atoms with Crippen LogP contribution in [-0.4, -0.2) is 23.4 Å². The molecule has 2 aromatic rings. The molecule has 0 unspecified atom stereocenters. The Bertz CT molecular complexity index is 539. The Morgan fingerprint density at radius 3 is 2.95 bits per heavy atom. The van der Waals surface area contributed by atoms with E-state index in [4.69, 9.17) is 16.3 Å². The highest BCUT2D eigenvalue weighted by Gasteiger charge is 2.07. The van der Waals surface area contributed by atoms with E-state index < -0.39 is 0 Å². The predicted octanol–water partition coefficient (Wildman–Crippen LogP) is 2.41. The van der Waals surface area contributed by atoms with Crippen LogP contribution in [0.4, 0.5) is 0 Å². The van der Waals surface area contributed by atoms with Crippen LogP contribution >= 0.6 is 11.6 Å². The highest BCUT2D eigenvalue weighted by Crippen LogP contribution is 2.26. The average Bonchev–Trinajstić information content (AvgIpc) is 2.79. The van der Waals surface area contributed by atoms with Crippen molar-refractivity contribution in [2.45, 2.75) is 13.0 Å². The lowest BCUT2D eigenvalue weighted by atomic mass is 10.2. The molecule has 1 N–H and O–H groups in total. The molecule has 1 aromatic carbocycles. The Morgan fingerprint density at radius 1 is 1.42 bits per heavy atom. The Kier molecular flexibility index (Phi) is 4.82. The van der Waals surface area contributed by atoms with Gasteiger partial charge < -0.3 is 10.1 Å². The normalized spacial score (nSPS) is 10.7. The van der Waals surface area contributed by atoms with Crippen LogP contribution in [0.5, 0.6) is 5.75 Å². The summed E-state index contributed by atoms with van der Waals surface area (Å²) in [5.41, 5.74) is 2.16. The van der Waals surface area contributed by atoms with Crippen LogP contribution in [0.3, 0.4) is 0 Å². The lowest BCUT2D eigenvalue weighted by molar-refractivity contribution is 0.318. The van der Waals surface area contributed by atoms with Crippen LogP contribution in [0.2, 0.25) is 5.02 Å². The van der Waals surface area contributed by atoms with E-state index in [1.54, 1.807) is 4.68 Å². The summed E-state index contributed by atoms with van der Waals surface area (Å²) in [4.78, 5) is 0. The summed E-state index contributed by atoms with van der Waals surface area (Å²) in [5.74, 6) is 0.839. The van der Waals surface area contributed by atoms with Crippen LogP contribution in [0.1, 0.15) is 11.1 Å². The number of benzene rings is 1. The molecule has 0 atom stereocenters. The van der Waals surface area contributed by atoms with Gasteiger partial charge in [-0.3, -0.25) is 4.68 Å². The van der Waals surface area contributed by atoms with E-state index in [2.05, 4.69) is 10.4 Å². The monoisotopic (exact) mass is 279 g/mol. The third-order valence-electron chi connectivity index (χ3n) is 2.84. The molecule has 5 heteroatoms. The Balaban J connectivity index is 1.97. The fraction of sp³-hybridized carbons (Fsp3) is 0.357. The van der Waals surface area contributed by atoms with Gasteiger partial charge in [0.05, 0.1) is 12.8 Å². The summed E-state index contributed by atoms with van der Waals surface area (Å²) in [6, 6.07) is 5.73. The second-order valence-electron chi connectivity index (χ2n) is 4.37. The van der Waals surface area contributed by atoms with Crippen molar-refractivity contribution < 1.29 is 4.74 Å². The van der Waals surface area contributed by atoms with Gasteiger partial charge in [0.1, 0.15) is 5.75 Å². The molecule has 0 fully saturated rings.